The van der Waals surface area contributed by atoms with Crippen LogP contribution in [-0.4, -0.2) is 61.6 Å². The third-order valence-corrected chi connectivity index (χ3v) is 4.04. The molecule has 2 aliphatic heterocycles. The molecule has 20 heavy (non-hydrogen) atoms. The third-order valence-electron chi connectivity index (χ3n) is 4.04. The molecule has 2 amide bonds. The van der Waals surface area contributed by atoms with Gasteiger partial charge in [0.15, 0.2) is 0 Å². The minimum Gasteiger partial charge on any atom is -0.377 e. The van der Waals surface area contributed by atoms with Gasteiger partial charge in [0.25, 0.3) is 0 Å². The van der Waals surface area contributed by atoms with Crippen molar-refractivity contribution in [2.24, 2.45) is 5.92 Å². The Morgan fingerprint density at radius 1 is 1.45 bits per heavy atom. The maximum absolute atomic E-state index is 12.7. The fraction of sp³-hybridized carbons (Fsp3) is 0.857. The molecule has 0 saturated carbocycles. The molecule has 0 aromatic carbocycles. The zero-order chi connectivity index (χ0) is 14.5. The van der Waals surface area contributed by atoms with Gasteiger partial charge in [0.2, 0.25) is 11.8 Å². The van der Waals surface area contributed by atoms with Gasteiger partial charge in [-0.25, -0.2) is 0 Å². The summed E-state index contributed by atoms with van der Waals surface area (Å²) in [5.74, 6) is 0.0294. The average Bonchev–Trinajstić information content (AvgIpc) is 2.47. The fourth-order valence-corrected chi connectivity index (χ4v) is 2.97. The summed E-state index contributed by atoms with van der Waals surface area (Å²) in [6.07, 6.45) is 1.70. The first-order chi connectivity index (χ1) is 9.63. The van der Waals surface area contributed by atoms with E-state index in [9.17, 15) is 9.59 Å². The molecule has 3 unspecified atom stereocenters. The highest BCUT2D eigenvalue weighted by Crippen LogP contribution is 2.21. The van der Waals surface area contributed by atoms with E-state index in [0.717, 1.165) is 19.4 Å². The lowest BCUT2D eigenvalue weighted by Crippen LogP contribution is -2.58. The van der Waals surface area contributed by atoms with E-state index in [-0.39, 0.29) is 17.7 Å². The van der Waals surface area contributed by atoms with Crippen molar-refractivity contribution in [3.05, 3.63) is 0 Å². The Morgan fingerprint density at radius 2 is 2.25 bits per heavy atom. The molecule has 2 fully saturated rings. The van der Waals surface area contributed by atoms with E-state index in [4.69, 9.17) is 4.74 Å². The van der Waals surface area contributed by atoms with Crippen LogP contribution >= 0.6 is 0 Å². The van der Waals surface area contributed by atoms with Crippen LogP contribution in [0.25, 0.3) is 0 Å². The molecule has 3 atom stereocenters. The van der Waals surface area contributed by atoms with Crippen molar-refractivity contribution in [1.82, 2.24) is 15.5 Å². The Hall–Kier alpha value is -1.14. The van der Waals surface area contributed by atoms with Crippen molar-refractivity contribution < 1.29 is 14.3 Å². The summed E-state index contributed by atoms with van der Waals surface area (Å²) in [5, 5.41) is 6.14. The second-order valence-corrected chi connectivity index (χ2v) is 5.59. The Kier molecular flexibility index (Phi) is 5.37. The Labute approximate surface area is 120 Å². The number of hydrogen-bond acceptors (Lipinski definition) is 4. The Bertz CT molecular complexity index is 362. The lowest BCUT2D eigenvalue weighted by atomic mass is 9.91. The maximum atomic E-state index is 12.7. The number of likely N-dealkylation sites (N-methyl/N-ethyl adjacent to an activating group) is 1. The smallest absolute Gasteiger partial charge is 0.245 e. The number of rotatable bonds is 3. The van der Waals surface area contributed by atoms with Gasteiger partial charge in [0, 0.05) is 25.0 Å². The summed E-state index contributed by atoms with van der Waals surface area (Å²) in [6.45, 7) is 6.75. The van der Waals surface area contributed by atoms with Crippen LogP contribution in [0.3, 0.4) is 0 Å². The highest BCUT2D eigenvalue weighted by Gasteiger charge is 2.36. The zero-order valence-electron chi connectivity index (χ0n) is 12.4. The van der Waals surface area contributed by atoms with Crippen LogP contribution < -0.4 is 10.6 Å². The zero-order valence-corrected chi connectivity index (χ0v) is 12.4. The molecule has 0 aromatic heterocycles. The molecular weight excluding hydrogens is 258 g/mol. The number of nitrogens with zero attached hydrogens (tertiary/aromatic N) is 1. The largest absolute Gasteiger partial charge is 0.377 e. The predicted molar refractivity (Wildman–Crippen MR) is 75.2 cm³/mol. The van der Waals surface area contributed by atoms with Gasteiger partial charge in [-0.05, 0) is 33.2 Å². The van der Waals surface area contributed by atoms with Gasteiger partial charge < -0.3 is 20.3 Å². The van der Waals surface area contributed by atoms with Crippen LogP contribution in [-0.2, 0) is 14.3 Å². The molecule has 2 aliphatic rings. The molecule has 0 aliphatic carbocycles. The molecule has 0 spiro atoms. The number of carbonyl (C=O) groups is 2. The monoisotopic (exact) mass is 283 g/mol. The van der Waals surface area contributed by atoms with Gasteiger partial charge >= 0.3 is 0 Å². The summed E-state index contributed by atoms with van der Waals surface area (Å²) in [5.41, 5.74) is 0. The first-order valence-electron chi connectivity index (χ1n) is 7.52. The van der Waals surface area contributed by atoms with Crippen molar-refractivity contribution >= 4 is 11.8 Å². The van der Waals surface area contributed by atoms with Crippen molar-refractivity contribution in [2.75, 3.05) is 32.8 Å². The van der Waals surface area contributed by atoms with Gasteiger partial charge in [-0.3, -0.25) is 9.59 Å². The summed E-state index contributed by atoms with van der Waals surface area (Å²) in [7, 11) is 0. The van der Waals surface area contributed by atoms with Crippen LogP contribution in [0.5, 0.6) is 0 Å². The SMILES string of the molecule is CCNC(=O)C1COCCN1C(=O)C1CCNC(C)C1. The van der Waals surface area contributed by atoms with Gasteiger partial charge in [-0.2, -0.15) is 0 Å². The molecule has 0 bridgehead atoms. The van der Waals surface area contributed by atoms with Crippen molar-refractivity contribution in [3.63, 3.8) is 0 Å². The number of nitrogens with one attached hydrogen (secondary N) is 2. The third kappa shape index (κ3) is 3.49. The fourth-order valence-electron chi connectivity index (χ4n) is 2.97. The van der Waals surface area contributed by atoms with Crippen LogP contribution in [0, 0.1) is 5.92 Å². The summed E-state index contributed by atoms with van der Waals surface area (Å²) < 4.78 is 5.37. The molecular formula is C14H25N3O3. The van der Waals surface area contributed by atoms with Crippen LogP contribution in [0.1, 0.15) is 26.7 Å². The topological polar surface area (TPSA) is 70.7 Å². The van der Waals surface area contributed by atoms with Crippen LogP contribution in [0.2, 0.25) is 0 Å². The van der Waals surface area contributed by atoms with Crippen LogP contribution in [0.15, 0.2) is 0 Å². The predicted octanol–water partition coefficient (Wildman–Crippen LogP) is -0.262. The van der Waals surface area contributed by atoms with Gasteiger partial charge in [0.1, 0.15) is 6.04 Å². The number of carbonyl (C=O) groups excluding carboxylic acids is 2. The molecule has 2 heterocycles. The minimum absolute atomic E-state index is 0.0290. The number of morpholine rings is 1. The van der Waals surface area contributed by atoms with E-state index in [1.54, 1.807) is 4.90 Å². The molecule has 2 saturated heterocycles. The van der Waals surface area contributed by atoms with E-state index in [0.29, 0.717) is 32.3 Å². The van der Waals surface area contributed by atoms with E-state index < -0.39 is 6.04 Å². The second kappa shape index (κ2) is 7.04. The molecule has 0 radical (unpaired) electrons. The first kappa shape index (κ1) is 15.3. The minimum atomic E-state index is -0.471. The molecule has 6 nitrogen and oxygen atoms in total. The maximum Gasteiger partial charge on any atom is 0.245 e. The van der Waals surface area contributed by atoms with Gasteiger partial charge in [0.05, 0.1) is 13.2 Å². The van der Waals surface area contributed by atoms with Crippen LogP contribution in [0.4, 0.5) is 0 Å². The lowest BCUT2D eigenvalue weighted by Gasteiger charge is -2.38. The highest BCUT2D eigenvalue weighted by molar-refractivity contribution is 5.89. The molecule has 0 aromatic rings. The Morgan fingerprint density at radius 3 is 2.95 bits per heavy atom. The molecule has 6 heteroatoms. The standard InChI is InChI=1S/C14H25N3O3/c1-3-15-13(18)12-9-20-7-6-17(12)14(19)11-4-5-16-10(2)8-11/h10-12,16H,3-9H2,1-2H3,(H,15,18). The Balaban J connectivity index is 2.03. The number of piperidine rings is 1. The summed E-state index contributed by atoms with van der Waals surface area (Å²) in [4.78, 5) is 26.5. The van der Waals surface area contributed by atoms with Crippen molar-refractivity contribution in [2.45, 2.75) is 38.8 Å². The summed E-state index contributed by atoms with van der Waals surface area (Å²) >= 11 is 0. The second-order valence-electron chi connectivity index (χ2n) is 5.59. The average molecular weight is 283 g/mol. The molecule has 2 rings (SSSR count). The van der Waals surface area contributed by atoms with Crippen molar-refractivity contribution in [3.8, 4) is 0 Å². The normalized spacial score (nSPS) is 30.9. The van der Waals surface area contributed by atoms with E-state index in [2.05, 4.69) is 17.6 Å². The van der Waals surface area contributed by atoms with E-state index in [1.807, 2.05) is 6.92 Å². The van der Waals surface area contributed by atoms with E-state index in [1.165, 1.54) is 0 Å². The number of hydrogen-bond donors (Lipinski definition) is 2. The first-order valence-corrected chi connectivity index (χ1v) is 7.52. The number of amides is 2. The van der Waals surface area contributed by atoms with Gasteiger partial charge in [-0.15, -0.1) is 0 Å². The quantitative estimate of drug-likeness (QED) is 0.748. The summed E-state index contributed by atoms with van der Waals surface area (Å²) in [6, 6.07) is -0.108. The highest BCUT2D eigenvalue weighted by atomic mass is 16.5. The number of ether oxygens (including phenoxy) is 1. The molecule has 114 valence electrons. The molecule has 2 N–H and O–H groups in total. The van der Waals surface area contributed by atoms with E-state index >= 15 is 0 Å². The van der Waals surface area contributed by atoms with Gasteiger partial charge in [-0.1, -0.05) is 0 Å². The van der Waals surface area contributed by atoms with Crippen molar-refractivity contribution in [1.29, 1.82) is 0 Å². The lowest BCUT2D eigenvalue weighted by molar-refractivity contribution is -0.152.